The lowest BCUT2D eigenvalue weighted by atomic mass is 10.0. The fourth-order valence-electron chi connectivity index (χ4n) is 3.41. The van der Waals surface area contributed by atoms with Crippen molar-refractivity contribution in [3.05, 3.63) is 52.1 Å². The minimum absolute atomic E-state index is 0.0143. The van der Waals surface area contributed by atoms with Gasteiger partial charge in [-0.3, -0.25) is 9.69 Å². The topological polar surface area (TPSA) is 53.4 Å². The number of hydrogen-bond acceptors (Lipinski definition) is 3. The molecule has 0 spiro atoms. The first-order valence-corrected chi connectivity index (χ1v) is 9.68. The third-order valence-electron chi connectivity index (χ3n) is 4.87. The van der Waals surface area contributed by atoms with Gasteiger partial charge in [0.2, 0.25) is 5.91 Å². The number of anilines is 2. The van der Waals surface area contributed by atoms with E-state index in [1.165, 1.54) is 25.7 Å². The Balaban J connectivity index is 1.86. The molecular formula is C20H22Cl2N2O2. The Bertz CT molecular complexity index is 759. The van der Waals surface area contributed by atoms with Crippen LogP contribution in [0.25, 0.3) is 0 Å². The quantitative estimate of drug-likeness (QED) is 0.704. The SMILES string of the molecule is O=C(CCC1CCCC1)N(c1ccc(Cl)c(Cl)c1)c1ccc(CO)cn1. The summed E-state index contributed by atoms with van der Waals surface area (Å²) in [6, 6.07) is 8.62. The number of aromatic nitrogens is 1. The van der Waals surface area contributed by atoms with Crippen LogP contribution in [0, 0.1) is 5.92 Å². The van der Waals surface area contributed by atoms with Gasteiger partial charge >= 0.3 is 0 Å². The zero-order valence-electron chi connectivity index (χ0n) is 14.5. The molecule has 1 saturated carbocycles. The highest BCUT2D eigenvalue weighted by molar-refractivity contribution is 6.42. The Hall–Kier alpha value is -1.62. The smallest absolute Gasteiger partial charge is 0.232 e. The summed E-state index contributed by atoms with van der Waals surface area (Å²) >= 11 is 12.2. The molecule has 0 unspecified atom stereocenters. The lowest BCUT2D eigenvalue weighted by Gasteiger charge is -2.23. The van der Waals surface area contributed by atoms with Crippen LogP contribution in [0.15, 0.2) is 36.5 Å². The van der Waals surface area contributed by atoms with Crippen LogP contribution in [0.5, 0.6) is 0 Å². The van der Waals surface area contributed by atoms with Crippen LogP contribution in [0.3, 0.4) is 0 Å². The minimum atomic E-state index is -0.0876. The Labute approximate surface area is 163 Å². The number of rotatable bonds is 6. The lowest BCUT2D eigenvalue weighted by Crippen LogP contribution is -2.27. The molecule has 2 aromatic rings. The molecule has 0 bridgehead atoms. The van der Waals surface area contributed by atoms with Crippen molar-refractivity contribution in [2.24, 2.45) is 5.92 Å². The summed E-state index contributed by atoms with van der Waals surface area (Å²) in [5.41, 5.74) is 1.33. The van der Waals surface area contributed by atoms with E-state index in [2.05, 4.69) is 4.98 Å². The Kier molecular flexibility index (Phi) is 6.52. The predicted molar refractivity (Wildman–Crippen MR) is 105 cm³/mol. The van der Waals surface area contributed by atoms with Crippen LogP contribution in [-0.4, -0.2) is 16.0 Å². The second-order valence-corrected chi connectivity index (χ2v) is 7.51. The predicted octanol–water partition coefficient (Wildman–Crippen LogP) is 5.52. The number of hydrogen-bond donors (Lipinski definition) is 1. The molecule has 1 aromatic carbocycles. The van der Waals surface area contributed by atoms with E-state index in [0.29, 0.717) is 39.5 Å². The van der Waals surface area contributed by atoms with E-state index in [1.54, 1.807) is 41.4 Å². The number of nitrogens with zero attached hydrogens (tertiary/aromatic N) is 2. The number of halogens is 2. The summed E-state index contributed by atoms with van der Waals surface area (Å²) in [5.74, 6) is 1.14. The first-order chi connectivity index (χ1) is 12.6. The zero-order valence-corrected chi connectivity index (χ0v) is 16.0. The standard InChI is InChI=1S/C20H22Cl2N2O2/c21-17-8-7-16(11-18(17)22)24(19-9-5-15(13-25)12-23-19)20(26)10-6-14-3-1-2-4-14/h5,7-9,11-12,14,25H,1-4,6,10,13H2. The number of amides is 1. The normalized spacial score (nSPS) is 14.6. The van der Waals surface area contributed by atoms with Crippen molar-refractivity contribution in [2.45, 2.75) is 45.1 Å². The van der Waals surface area contributed by atoms with E-state index in [1.807, 2.05) is 0 Å². The second-order valence-electron chi connectivity index (χ2n) is 6.70. The molecule has 0 aliphatic heterocycles. The van der Waals surface area contributed by atoms with Crippen LogP contribution in [0.4, 0.5) is 11.5 Å². The van der Waals surface area contributed by atoms with Crippen LogP contribution in [0.1, 0.15) is 44.1 Å². The summed E-state index contributed by atoms with van der Waals surface area (Å²) in [6.07, 6.45) is 7.88. The fourth-order valence-corrected chi connectivity index (χ4v) is 3.70. The first kappa shape index (κ1) is 19.2. The van der Waals surface area contributed by atoms with Crippen LogP contribution in [-0.2, 0) is 11.4 Å². The number of carbonyl (C=O) groups excluding carboxylic acids is 1. The van der Waals surface area contributed by atoms with E-state index in [0.717, 1.165) is 6.42 Å². The summed E-state index contributed by atoms with van der Waals surface area (Å²) < 4.78 is 0. The Morgan fingerprint density at radius 1 is 1.15 bits per heavy atom. The molecular weight excluding hydrogens is 371 g/mol. The molecule has 4 nitrogen and oxygen atoms in total. The van der Waals surface area contributed by atoms with Gasteiger partial charge in [0.15, 0.2) is 0 Å². The van der Waals surface area contributed by atoms with Crippen LogP contribution < -0.4 is 4.90 Å². The highest BCUT2D eigenvalue weighted by atomic mass is 35.5. The Morgan fingerprint density at radius 2 is 1.92 bits per heavy atom. The average Bonchev–Trinajstić information content (AvgIpc) is 3.17. The summed E-state index contributed by atoms with van der Waals surface area (Å²) in [5, 5.41) is 10.0. The molecule has 1 aliphatic carbocycles. The van der Waals surface area contributed by atoms with Gasteiger partial charge in [0.25, 0.3) is 0 Å². The maximum absolute atomic E-state index is 13.0. The van der Waals surface area contributed by atoms with Crippen molar-refractivity contribution in [3.63, 3.8) is 0 Å². The van der Waals surface area contributed by atoms with Crippen molar-refractivity contribution >= 4 is 40.6 Å². The molecule has 0 radical (unpaired) electrons. The van der Waals surface area contributed by atoms with Crippen molar-refractivity contribution in [1.82, 2.24) is 4.98 Å². The molecule has 1 N–H and O–H groups in total. The zero-order chi connectivity index (χ0) is 18.5. The molecule has 1 amide bonds. The lowest BCUT2D eigenvalue weighted by molar-refractivity contribution is -0.118. The molecule has 0 atom stereocenters. The van der Waals surface area contributed by atoms with E-state index in [4.69, 9.17) is 23.2 Å². The second kappa shape index (κ2) is 8.85. The van der Waals surface area contributed by atoms with E-state index in [9.17, 15) is 9.90 Å². The number of aliphatic hydroxyl groups excluding tert-OH is 1. The van der Waals surface area contributed by atoms with E-state index in [-0.39, 0.29) is 12.5 Å². The molecule has 1 aromatic heterocycles. The number of pyridine rings is 1. The Morgan fingerprint density at radius 3 is 2.54 bits per heavy atom. The van der Waals surface area contributed by atoms with Gasteiger partial charge in [-0.05, 0) is 42.2 Å². The van der Waals surface area contributed by atoms with Gasteiger partial charge in [-0.15, -0.1) is 0 Å². The molecule has 138 valence electrons. The third-order valence-corrected chi connectivity index (χ3v) is 5.61. The molecule has 3 rings (SSSR count). The van der Waals surface area contributed by atoms with E-state index >= 15 is 0 Å². The highest BCUT2D eigenvalue weighted by Gasteiger charge is 2.22. The van der Waals surface area contributed by atoms with Gasteiger partial charge in [-0.1, -0.05) is 55.0 Å². The highest BCUT2D eigenvalue weighted by Crippen LogP contribution is 2.33. The number of aliphatic hydroxyl groups is 1. The summed E-state index contributed by atoms with van der Waals surface area (Å²) in [4.78, 5) is 18.9. The number of carbonyl (C=O) groups is 1. The molecule has 26 heavy (non-hydrogen) atoms. The first-order valence-electron chi connectivity index (χ1n) is 8.92. The number of benzene rings is 1. The van der Waals surface area contributed by atoms with Crippen molar-refractivity contribution < 1.29 is 9.90 Å². The largest absolute Gasteiger partial charge is 0.392 e. The molecule has 0 saturated heterocycles. The summed E-state index contributed by atoms with van der Waals surface area (Å²) in [7, 11) is 0. The fraction of sp³-hybridized carbons (Fsp3) is 0.400. The van der Waals surface area contributed by atoms with Gasteiger partial charge in [0.05, 0.1) is 22.3 Å². The maximum Gasteiger partial charge on any atom is 0.232 e. The van der Waals surface area contributed by atoms with Gasteiger partial charge in [-0.2, -0.15) is 0 Å². The van der Waals surface area contributed by atoms with Gasteiger partial charge < -0.3 is 5.11 Å². The van der Waals surface area contributed by atoms with Crippen molar-refractivity contribution in [2.75, 3.05) is 4.90 Å². The van der Waals surface area contributed by atoms with Gasteiger partial charge in [-0.25, -0.2) is 4.98 Å². The third kappa shape index (κ3) is 4.56. The van der Waals surface area contributed by atoms with E-state index < -0.39 is 0 Å². The van der Waals surface area contributed by atoms with Crippen molar-refractivity contribution in [3.8, 4) is 0 Å². The molecule has 1 heterocycles. The minimum Gasteiger partial charge on any atom is -0.392 e. The monoisotopic (exact) mass is 392 g/mol. The maximum atomic E-state index is 13.0. The van der Waals surface area contributed by atoms with Gasteiger partial charge in [0, 0.05) is 12.6 Å². The van der Waals surface area contributed by atoms with Crippen LogP contribution in [0.2, 0.25) is 10.0 Å². The average molecular weight is 393 g/mol. The van der Waals surface area contributed by atoms with Crippen LogP contribution >= 0.6 is 23.2 Å². The van der Waals surface area contributed by atoms with Gasteiger partial charge in [0.1, 0.15) is 5.82 Å². The molecule has 1 fully saturated rings. The summed E-state index contributed by atoms with van der Waals surface area (Å²) in [6.45, 7) is -0.0876. The van der Waals surface area contributed by atoms with Crippen molar-refractivity contribution in [1.29, 1.82) is 0 Å². The molecule has 1 aliphatic rings. The molecule has 6 heteroatoms.